The van der Waals surface area contributed by atoms with Gasteiger partial charge in [0, 0.05) is 13.0 Å². The number of benzene rings is 2. The third-order valence-electron chi connectivity index (χ3n) is 6.78. The van der Waals surface area contributed by atoms with Crippen molar-refractivity contribution in [3.8, 4) is 11.8 Å². The molecule has 0 radical (unpaired) electrons. The number of hydrogen-bond acceptors (Lipinski definition) is 5. The van der Waals surface area contributed by atoms with Crippen LogP contribution in [0.4, 0.5) is 8.78 Å². The van der Waals surface area contributed by atoms with Crippen molar-refractivity contribution < 1.29 is 23.1 Å². The number of halogens is 2. The highest BCUT2D eigenvalue weighted by atomic mass is 19.3. The number of piperazine rings is 1. The number of carbonyl (C=O) groups excluding carboxylic acids is 2. The third kappa shape index (κ3) is 4.10. The van der Waals surface area contributed by atoms with Crippen LogP contribution in [0.5, 0.6) is 5.75 Å². The smallest absolute Gasteiger partial charge is 0.280 e. The first-order valence-corrected chi connectivity index (χ1v) is 11.3. The molecule has 0 saturated carbocycles. The van der Waals surface area contributed by atoms with Crippen LogP contribution in [0.2, 0.25) is 0 Å². The van der Waals surface area contributed by atoms with Crippen molar-refractivity contribution in [1.82, 2.24) is 15.1 Å². The van der Waals surface area contributed by atoms with Crippen LogP contribution in [-0.4, -0.2) is 59.3 Å². The first-order valence-electron chi connectivity index (χ1n) is 11.3. The topological polar surface area (TPSA) is 85.7 Å². The second-order valence-corrected chi connectivity index (χ2v) is 8.98. The Morgan fingerprint density at radius 1 is 1.12 bits per heavy atom. The average molecular weight is 466 g/mol. The number of nitriles is 1. The predicted molar refractivity (Wildman–Crippen MR) is 118 cm³/mol. The van der Waals surface area contributed by atoms with Crippen LogP contribution >= 0.6 is 0 Å². The van der Waals surface area contributed by atoms with E-state index in [-0.39, 0.29) is 38.4 Å². The highest BCUT2D eigenvalue weighted by Crippen LogP contribution is 2.34. The van der Waals surface area contributed by atoms with E-state index in [1.165, 1.54) is 4.90 Å². The van der Waals surface area contributed by atoms with Crippen molar-refractivity contribution >= 4 is 11.8 Å². The van der Waals surface area contributed by atoms with Gasteiger partial charge in [-0.15, -0.1) is 0 Å². The van der Waals surface area contributed by atoms with Crippen LogP contribution in [0.1, 0.15) is 28.7 Å². The number of amides is 2. The van der Waals surface area contributed by atoms with Crippen molar-refractivity contribution in [2.24, 2.45) is 0 Å². The minimum Gasteiger partial charge on any atom is -0.489 e. The third-order valence-corrected chi connectivity index (χ3v) is 6.78. The fraction of sp³-hybridized carbons (Fsp3) is 0.400. The Hall–Kier alpha value is -3.51. The minimum absolute atomic E-state index is 0.118. The van der Waals surface area contributed by atoms with E-state index in [4.69, 9.17) is 10.00 Å². The molecule has 0 bridgehead atoms. The summed E-state index contributed by atoms with van der Waals surface area (Å²) in [5, 5.41) is 11.7. The van der Waals surface area contributed by atoms with E-state index in [2.05, 4.69) is 11.4 Å². The Morgan fingerprint density at radius 2 is 1.97 bits per heavy atom. The monoisotopic (exact) mass is 466 g/mol. The molecule has 3 heterocycles. The van der Waals surface area contributed by atoms with Gasteiger partial charge in [0.05, 0.1) is 24.2 Å². The van der Waals surface area contributed by atoms with E-state index in [0.29, 0.717) is 17.9 Å². The van der Waals surface area contributed by atoms with Gasteiger partial charge in [-0.05, 0) is 53.9 Å². The molecule has 2 saturated heterocycles. The van der Waals surface area contributed by atoms with E-state index in [0.717, 1.165) is 21.6 Å². The molecule has 5 rings (SSSR count). The van der Waals surface area contributed by atoms with Gasteiger partial charge in [0.2, 0.25) is 11.8 Å². The van der Waals surface area contributed by atoms with Crippen LogP contribution in [-0.2, 0) is 29.2 Å². The molecule has 3 aliphatic heterocycles. The summed E-state index contributed by atoms with van der Waals surface area (Å²) < 4.78 is 34.9. The summed E-state index contributed by atoms with van der Waals surface area (Å²) in [5.41, 5.74) is 3.20. The van der Waals surface area contributed by atoms with Crippen molar-refractivity contribution in [2.75, 3.05) is 19.6 Å². The maximum Gasteiger partial charge on any atom is 0.280 e. The maximum absolute atomic E-state index is 14.5. The van der Waals surface area contributed by atoms with E-state index in [1.54, 1.807) is 24.3 Å². The Balaban J connectivity index is 1.32. The van der Waals surface area contributed by atoms with E-state index in [9.17, 15) is 18.4 Å². The van der Waals surface area contributed by atoms with Gasteiger partial charge < -0.3 is 19.9 Å². The quantitative estimate of drug-likeness (QED) is 0.747. The zero-order chi connectivity index (χ0) is 23.9. The summed E-state index contributed by atoms with van der Waals surface area (Å²) in [6.07, 6.45) is 0.407. The molecular formula is C25H24F2N4O3. The number of nitrogens with one attached hydrogen (secondary N) is 1. The van der Waals surface area contributed by atoms with E-state index < -0.39 is 30.5 Å². The van der Waals surface area contributed by atoms with Crippen LogP contribution < -0.4 is 10.1 Å². The number of fused-ring (bicyclic) bond motifs is 2. The molecule has 2 aromatic carbocycles. The molecule has 2 fully saturated rings. The van der Waals surface area contributed by atoms with Gasteiger partial charge in [-0.25, -0.2) is 8.78 Å². The lowest BCUT2D eigenvalue weighted by molar-refractivity contribution is -0.170. The Labute approximate surface area is 195 Å². The second-order valence-electron chi connectivity index (χ2n) is 8.98. The molecule has 3 aliphatic rings. The van der Waals surface area contributed by atoms with Crippen molar-refractivity contribution in [3.05, 3.63) is 64.7 Å². The second kappa shape index (κ2) is 8.69. The van der Waals surface area contributed by atoms with Crippen molar-refractivity contribution in [1.29, 1.82) is 5.26 Å². The zero-order valence-electron chi connectivity index (χ0n) is 18.5. The fourth-order valence-electron chi connectivity index (χ4n) is 5.01. The lowest BCUT2D eigenvalue weighted by Crippen LogP contribution is -2.68. The number of piperidine rings is 1. The van der Waals surface area contributed by atoms with Crippen molar-refractivity contribution in [2.45, 2.75) is 44.0 Å². The first kappa shape index (κ1) is 22.3. The predicted octanol–water partition coefficient (Wildman–Crippen LogP) is 2.23. The summed E-state index contributed by atoms with van der Waals surface area (Å²) in [4.78, 5) is 28.7. The molecule has 0 aliphatic carbocycles. The Morgan fingerprint density at radius 3 is 2.76 bits per heavy atom. The molecule has 0 aromatic heterocycles. The molecule has 2 amide bonds. The van der Waals surface area contributed by atoms with Crippen LogP contribution in [0, 0.1) is 11.3 Å². The van der Waals surface area contributed by atoms with Crippen LogP contribution in [0.15, 0.2) is 42.5 Å². The molecule has 2 atom stereocenters. The minimum atomic E-state index is -3.07. The van der Waals surface area contributed by atoms with Gasteiger partial charge in [0.25, 0.3) is 5.92 Å². The van der Waals surface area contributed by atoms with Gasteiger partial charge in [0.15, 0.2) is 0 Å². The summed E-state index contributed by atoms with van der Waals surface area (Å²) in [6.45, 7) is 0.103. The standard InChI is InChI=1S/C25H24F2N4O3/c26-25(27)15-29-7-6-22(25)31-13-23(32)30-12-19-9-20(5-4-18(19)10-21(30)24(31)33)34-14-17-3-1-2-16(8-17)11-28/h1-5,8-9,21-22,29H,6-7,10,12-15H2/t21-,22?/m1/s1. The molecule has 7 nitrogen and oxygen atoms in total. The number of rotatable bonds is 4. The molecule has 34 heavy (non-hydrogen) atoms. The summed E-state index contributed by atoms with van der Waals surface area (Å²) in [7, 11) is 0. The van der Waals surface area contributed by atoms with E-state index in [1.807, 2.05) is 18.2 Å². The lowest BCUT2D eigenvalue weighted by atomic mass is 9.89. The summed E-state index contributed by atoms with van der Waals surface area (Å²) in [5.74, 6) is -3.17. The Kier molecular flexibility index (Phi) is 5.70. The van der Waals surface area contributed by atoms with Gasteiger partial charge in [-0.2, -0.15) is 5.26 Å². The van der Waals surface area contributed by atoms with Gasteiger partial charge in [-0.3, -0.25) is 9.59 Å². The average Bonchev–Trinajstić information content (AvgIpc) is 2.84. The molecule has 2 aromatic rings. The van der Waals surface area contributed by atoms with Crippen LogP contribution in [0.25, 0.3) is 0 Å². The van der Waals surface area contributed by atoms with Crippen molar-refractivity contribution in [3.63, 3.8) is 0 Å². The highest BCUT2D eigenvalue weighted by molar-refractivity contribution is 5.95. The number of hydrogen-bond donors (Lipinski definition) is 1. The molecule has 0 spiro atoms. The number of carbonyl (C=O) groups is 2. The molecule has 1 N–H and O–H groups in total. The summed E-state index contributed by atoms with van der Waals surface area (Å²) in [6, 6.07) is 12.8. The SMILES string of the molecule is N#Cc1cccc(COc2ccc3c(c2)CN2C(=O)CN(C4CCNCC4(F)F)C(=O)[C@H]2C3)c1. The fourth-order valence-corrected chi connectivity index (χ4v) is 5.01. The zero-order valence-corrected chi connectivity index (χ0v) is 18.5. The van der Waals surface area contributed by atoms with Gasteiger partial charge in [0.1, 0.15) is 24.9 Å². The highest BCUT2D eigenvalue weighted by Gasteiger charge is 2.51. The number of ether oxygens (including phenoxy) is 1. The van der Waals surface area contributed by atoms with Gasteiger partial charge in [-0.1, -0.05) is 18.2 Å². The molecule has 176 valence electrons. The molecular weight excluding hydrogens is 442 g/mol. The lowest BCUT2D eigenvalue weighted by Gasteiger charge is -2.48. The summed E-state index contributed by atoms with van der Waals surface area (Å²) >= 11 is 0. The molecule has 1 unspecified atom stereocenters. The first-order chi connectivity index (χ1) is 16.4. The van der Waals surface area contributed by atoms with Gasteiger partial charge >= 0.3 is 0 Å². The maximum atomic E-state index is 14.5. The number of nitrogens with zero attached hydrogens (tertiary/aromatic N) is 3. The largest absolute Gasteiger partial charge is 0.489 e. The molecule has 9 heteroatoms. The number of alkyl halides is 2. The normalized spacial score (nSPS) is 23.7. The Bertz CT molecular complexity index is 1180. The van der Waals surface area contributed by atoms with E-state index >= 15 is 0 Å². The van der Waals surface area contributed by atoms with Crippen LogP contribution in [0.3, 0.4) is 0 Å².